The molecule has 0 saturated carbocycles. The molecule has 35 heavy (non-hydrogen) atoms. The number of aromatic hydroxyl groups is 2. The number of nitrogens with zero attached hydrogens (tertiary/aromatic N) is 1. The van der Waals surface area contributed by atoms with E-state index in [-0.39, 0.29) is 18.0 Å². The Kier molecular flexibility index (Phi) is 5.94. The number of hydrogen-bond donors (Lipinski definition) is 2. The molecule has 0 spiro atoms. The van der Waals surface area contributed by atoms with Crippen LogP contribution in [0.5, 0.6) is 17.2 Å². The summed E-state index contributed by atoms with van der Waals surface area (Å²) >= 11 is 0. The lowest BCUT2D eigenvalue weighted by Gasteiger charge is -2.31. The third-order valence-corrected chi connectivity index (χ3v) is 8.97. The molecule has 2 aliphatic heterocycles. The molecule has 0 amide bonds. The van der Waals surface area contributed by atoms with Crippen molar-refractivity contribution in [1.82, 2.24) is 0 Å². The maximum atomic E-state index is 13.9. The zero-order valence-corrected chi connectivity index (χ0v) is 20.3. The minimum absolute atomic E-state index is 0.130. The predicted molar refractivity (Wildman–Crippen MR) is 135 cm³/mol. The van der Waals surface area contributed by atoms with Gasteiger partial charge in [-0.25, -0.2) is 8.42 Å². The van der Waals surface area contributed by atoms with Crippen LogP contribution in [0.15, 0.2) is 72.8 Å². The fourth-order valence-electron chi connectivity index (χ4n) is 5.06. The summed E-state index contributed by atoms with van der Waals surface area (Å²) in [6.07, 6.45) is -0.731. The summed E-state index contributed by atoms with van der Waals surface area (Å²) in [7, 11) is -2.20. The molecule has 2 N–H and O–H groups in total. The highest BCUT2D eigenvalue weighted by atomic mass is 32.2. The van der Waals surface area contributed by atoms with Gasteiger partial charge < -0.3 is 19.7 Å². The Morgan fingerprint density at radius 2 is 1.43 bits per heavy atom. The Bertz CT molecular complexity index is 1350. The number of fused-ring (bicyclic) bond motifs is 2. The van der Waals surface area contributed by atoms with Gasteiger partial charge in [0.2, 0.25) is 10.0 Å². The topological polar surface area (TPSA) is 96.3 Å². The molecule has 0 aliphatic carbocycles. The molecule has 2 heterocycles. The van der Waals surface area contributed by atoms with E-state index < -0.39 is 27.5 Å². The summed E-state index contributed by atoms with van der Waals surface area (Å²) < 4.78 is 40.8. The number of phenols is 2. The van der Waals surface area contributed by atoms with Crippen LogP contribution in [-0.2, 0) is 14.8 Å². The fourth-order valence-corrected chi connectivity index (χ4v) is 7.10. The summed E-state index contributed by atoms with van der Waals surface area (Å²) in [5.74, 6) is 0.940. The van der Waals surface area contributed by atoms with E-state index in [0.717, 1.165) is 22.3 Å². The molecule has 3 unspecified atom stereocenters. The third-order valence-electron chi connectivity index (χ3n) is 6.69. The van der Waals surface area contributed by atoms with E-state index in [1.807, 2.05) is 19.1 Å². The molecule has 1 fully saturated rings. The van der Waals surface area contributed by atoms with E-state index in [2.05, 4.69) is 0 Å². The van der Waals surface area contributed by atoms with Crippen molar-refractivity contribution in [3.63, 3.8) is 0 Å². The number of methoxy groups -OCH3 is 1. The third kappa shape index (κ3) is 4.02. The molecule has 5 rings (SSSR count). The van der Waals surface area contributed by atoms with Crippen molar-refractivity contribution in [3.8, 4) is 17.2 Å². The van der Waals surface area contributed by atoms with Gasteiger partial charge in [-0.3, -0.25) is 4.31 Å². The Hall–Kier alpha value is -3.49. The second kappa shape index (κ2) is 8.94. The largest absolute Gasteiger partial charge is 0.508 e. The number of benzene rings is 3. The number of anilines is 1. The molecule has 8 heteroatoms. The summed E-state index contributed by atoms with van der Waals surface area (Å²) in [4.78, 5) is 0. The molecule has 7 nitrogen and oxygen atoms in total. The molecule has 3 aromatic rings. The Morgan fingerprint density at radius 3 is 1.94 bits per heavy atom. The normalized spacial score (nSPS) is 21.4. The minimum atomic E-state index is -3.77. The van der Waals surface area contributed by atoms with Gasteiger partial charge in [-0.05, 0) is 84.1 Å². The molecular formula is C27H27NO6S. The van der Waals surface area contributed by atoms with E-state index in [1.165, 1.54) is 4.31 Å². The lowest BCUT2D eigenvalue weighted by atomic mass is 9.83. The summed E-state index contributed by atoms with van der Waals surface area (Å²) in [6.45, 7) is 2.10. The van der Waals surface area contributed by atoms with E-state index in [1.54, 1.807) is 67.8 Å². The second-order valence-electron chi connectivity index (χ2n) is 8.65. The van der Waals surface area contributed by atoms with Gasteiger partial charge >= 0.3 is 0 Å². The SMILES string of the molecule is CCN(c1ccc(OC)cc1)S(=O)(=O)C1CC2OC1C(c1ccc(O)cc1)=C2c1ccc(O)cc1. The smallest absolute Gasteiger partial charge is 0.241 e. The van der Waals surface area contributed by atoms with Crippen molar-refractivity contribution >= 4 is 26.9 Å². The van der Waals surface area contributed by atoms with Gasteiger partial charge in [0.15, 0.2) is 0 Å². The number of rotatable bonds is 7. The summed E-state index contributed by atoms with van der Waals surface area (Å²) in [5, 5.41) is 18.8. The number of hydrogen-bond acceptors (Lipinski definition) is 6. The van der Waals surface area contributed by atoms with Crippen LogP contribution in [0, 0.1) is 0 Å². The number of ether oxygens (including phenoxy) is 2. The number of phenolic OH excluding ortho intramolecular Hbond substituents is 2. The first-order chi connectivity index (χ1) is 16.8. The highest BCUT2D eigenvalue weighted by molar-refractivity contribution is 7.93. The molecule has 0 radical (unpaired) electrons. The van der Waals surface area contributed by atoms with Gasteiger partial charge in [0.25, 0.3) is 0 Å². The lowest BCUT2D eigenvalue weighted by molar-refractivity contribution is 0.128. The highest BCUT2D eigenvalue weighted by Crippen LogP contribution is 2.51. The van der Waals surface area contributed by atoms with Crippen molar-refractivity contribution in [1.29, 1.82) is 0 Å². The van der Waals surface area contributed by atoms with E-state index >= 15 is 0 Å². The monoisotopic (exact) mass is 493 g/mol. The van der Waals surface area contributed by atoms with Crippen molar-refractivity contribution in [2.24, 2.45) is 0 Å². The molecule has 1 saturated heterocycles. The minimum Gasteiger partial charge on any atom is -0.508 e. The van der Waals surface area contributed by atoms with Gasteiger partial charge in [0, 0.05) is 6.54 Å². The van der Waals surface area contributed by atoms with Gasteiger partial charge in [0.1, 0.15) is 28.6 Å². The van der Waals surface area contributed by atoms with Gasteiger partial charge in [-0.1, -0.05) is 24.3 Å². The molecule has 3 atom stereocenters. The zero-order valence-electron chi connectivity index (χ0n) is 19.5. The molecule has 0 aromatic heterocycles. The first kappa shape index (κ1) is 23.3. The van der Waals surface area contributed by atoms with Crippen molar-refractivity contribution in [3.05, 3.63) is 83.9 Å². The molecule has 2 bridgehead atoms. The average molecular weight is 494 g/mol. The summed E-state index contributed by atoms with van der Waals surface area (Å²) in [6, 6.07) is 20.6. The molecule has 182 valence electrons. The van der Waals surface area contributed by atoms with Crippen LogP contribution in [0.4, 0.5) is 5.69 Å². The fraction of sp³-hybridized carbons (Fsp3) is 0.259. The molecular weight excluding hydrogens is 466 g/mol. The average Bonchev–Trinajstić information content (AvgIpc) is 3.46. The van der Waals surface area contributed by atoms with Crippen molar-refractivity contribution < 1.29 is 28.1 Å². The van der Waals surface area contributed by atoms with Crippen molar-refractivity contribution in [2.75, 3.05) is 18.0 Å². The van der Waals surface area contributed by atoms with Gasteiger partial charge in [0.05, 0.1) is 18.9 Å². The second-order valence-corrected chi connectivity index (χ2v) is 10.7. The van der Waals surface area contributed by atoms with E-state index in [4.69, 9.17) is 9.47 Å². The van der Waals surface area contributed by atoms with E-state index in [9.17, 15) is 18.6 Å². The summed E-state index contributed by atoms with van der Waals surface area (Å²) in [5.41, 5.74) is 3.96. The standard InChI is InChI=1S/C27H27NO6S/c1-3-28(19-8-14-22(33-2)15-9-19)35(31,32)24-16-23-25(17-4-10-20(29)11-5-17)26(27(24)34-23)18-6-12-21(30)13-7-18/h4-15,23-24,27,29-30H,3,16H2,1-2H3. The molecule has 3 aromatic carbocycles. The maximum Gasteiger partial charge on any atom is 0.241 e. The first-order valence-corrected chi connectivity index (χ1v) is 13.0. The lowest BCUT2D eigenvalue weighted by Crippen LogP contribution is -2.43. The van der Waals surface area contributed by atoms with Crippen LogP contribution in [0.2, 0.25) is 0 Å². The zero-order chi connectivity index (χ0) is 24.7. The van der Waals surface area contributed by atoms with Crippen LogP contribution in [0.3, 0.4) is 0 Å². The van der Waals surface area contributed by atoms with Crippen LogP contribution in [0.1, 0.15) is 24.5 Å². The van der Waals surface area contributed by atoms with Gasteiger partial charge in [-0.2, -0.15) is 0 Å². The Labute approximate surface area is 204 Å². The maximum absolute atomic E-state index is 13.9. The Balaban J connectivity index is 1.58. The number of sulfonamides is 1. The quantitative estimate of drug-likeness (QED) is 0.506. The van der Waals surface area contributed by atoms with E-state index in [0.29, 0.717) is 17.9 Å². The van der Waals surface area contributed by atoms with Crippen LogP contribution in [-0.4, -0.2) is 49.7 Å². The van der Waals surface area contributed by atoms with Crippen LogP contribution < -0.4 is 9.04 Å². The molecule has 2 aliphatic rings. The predicted octanol–water partition coefficient (Wildman–Crippen LogP) is 4.41. The van der Waals surface area contributed by atoms with Crippen molar-refractivity contribution in [2.45, 2.75) is 30.8 Å². The first-order valence-electron chi connectivity index (χ1n) is 11.5. The Morgan fingerprint density at radius 1 is 0.886 bits per heavy atom. The van der Waals surface area contributed by atoms with Crippen LogP contribution >= 0.6 is 0 Å². The van der Waals surface area contributed by atoms with Gasteiger partial charge in [-0.15, -0.1) is 0 Å². The highest BCUT2D eigenvalue weighted by Gasteiger charge is 2.54. The van der Waals surface area contributed by atoms with Crippen LogP contribution in [0.25, 0.3) is 11.1 Å².